The van der Waals surface area contributed by atoms with E-state index in [0.29, 0.717) is 11.5 Å². The molecule has 0 N–H and O–H groups in total. The predicted molar refractivity (Wildman–Crippen MR) is 68.5 cm³/mol. The molecule has 6 heteroatoms. The van der Waals surface area contributed by atoms with Gasteiger partial charge in [0.1, 0.15) is 5.52 Å². The Hall–Kier alpha value is -1.56. The van der Waals surface area contributed by atoms with E-state index in [1.807, 2.05) is 0 Å². The number of piperidine rings is 1. The summed E-state index contributed by atoms with van der Waals surface area (Å²) in [5.74, 6) is 0.764. The lowest BCUT2D eigenvalue weighted by atomic mass is 9.97. The van der Waals surface area contributed by atoms with Gasteiger partial charge in [-0.15, -0.1) is 0 Å². The van der Waals surface area contributed by atoms with E-state index in [1.165, 1.54) is 6.07 Å². The highest BCUT2D eigenvalue weighted by atomic mass is 19.4. The van der Waals surface area contributed by atoms with Crippen LogP contribution in [0.15, 0.2) is 22.6 Å². The van der Waals surface area contributed by atoms with Crippen LogP contribution in [-0.4, -0.2) is 30.0 Å². The zero-order valence-electron chi connectivity index (χ0n) is 11.1. The minimum atomic E-state index is -4.35. The zero-order chi connectivity index (χ0) is 14.3. The monoisotopic (exact) mass is 284 g/mol. The largest absolute Gasteiger partial charge is 0.440 e. The fourth-order valence-corrected chi connectivity index (χ4v) is 2.55. The van der Waals surface area contributed by atoms with Gasteiger partial charge in [0, 0.05) is 5.92 Å². The minimum absolute atomic E-state index is 0.202. The Morgan fingerprint density at radius 1 is 1.25 bits per heavy atom. The van der Waals surface area contributed by atoms with Crippen LogP contribution in [0.5, 0.6) is 0 Å². The van der Waals surface area contributed by atoms with Crippen molar-refractivity contribution in [2.24, 2.45) is 0 Å². The number of benzene rings is 1. The van der Waals surface area contributed by atoms with Crippen LogP contribution in [0.2, 0.25) is 0 Å². The lowest BCUT2D eigenvalue weighted by Gasteiger charge is -2.26. The number of halogens is 3. The van der Waals surface area contributed by atoms with Crippen molar-refractivity contribution in [1.29, 1.82) is 0 Å². The van der Waals surface area contributed by atoms with Gasteiger partial charge in [-0.05, 0) is 51.2 Å². The summed E-state index contributed by atoms with van der Waals surface area (Å²) in [7, 11) is 2.05. The Kier molecular flexibility index (Phi) is 3.20. The van der Waals surface area contributed by atoms with Gasteiger partial charge in [-0.3, -0.25) is 0 Å². The number of hydrogen-bond donors (Lipinski definition) is 0. The second kappa shape index (κ2) is 4.77. The number of likely N-dealkylation sites (tertiary alicyclic amines) is 1. The van der Waals surface area contributed by atoms with Crippen molar-refractivity contribution in [3.8, 4) is 0 Å². The van der Waals surface area contributed by atoms with Crippen LogP contribution < -0.4 is 0 Å². The molecule has 2 heterocycles. The van der Waals surface area contributed by atoms with Crippen LogP contribution in [0.4, 0.5) is 13.2 Å². The quantitative estimate of drug-likeness (QED) is 0.800. The van der Waals surface area contributed by atoms with Crippen LogP contribution in [0.25, 0.3) is 11.1 Å². The predicted octanol–water partition coefficient (Wildman–Crippen LogP) is 3.66. The molecule has 108 valence electrons. The third-order valence-electron chi connectivity index (χ3n) is 3.80. The summed E-state index contributed by atoms with van der Waals surface area (Å²) in [4.78, 5) is 6.47. The first kappa shape index (κ1) is 13.4. The molecule has 1 fully saturated rings. The van der Waals surface area contributed by atoms with E-state index in [0.717, 1.165) is 38.1 Å². The number of nitrogens with zero attached hydrogens (tertiary/aromatic N) is 2. The van der Waals surface area contributed by atoms with E-state index >= 15 is 0 Å². The average molecular weight is 284 g/mol. The molecule has 1 saturated heterocycles. The van der Waals surface area contributed by atoms with Crippen LogP contribution in [0.3, 0.4) is 0 Å². The number of fused-ring (bicyclic) bond motifs is 1. The molecule has 0 aliphatic carbocycles. The Balaban J connectivity index is 1.91. The van der Waals surface area contributed by atoms with Gasteiger partial charge in [-0.1, -0.05) is 0 Å². The summed E-state index contributed by atoms with van der Waals surface area (Å²) in [5.41, 5.74) is 0.0221. The Morgan fingerprint density at radius 3 is 2.60 bits per heavy atom. The summed E-state index contributed by atoms with van der Waals surface area (Å²) in [6, 6.07) is 3.44. The molecular formula is C14H15F3N2O. The minimum Gasteiger partial charge on any atom is -0.440 e. The molecular weight excluding hydrogens is 269 g/mol. The van der Waals surface area contributed by atoms with Crippen molar-refractivity contribution in [1.82, 2.24) is 9.88 Å². The highest BCUT2D eigenvalue weighted by Gasteiger charge is 2.31. The van der Waals surface area contributed by atoms with E-state index in [1.54, 1.807) is 0 Å². The average Bonchev–Trinajstić information content (AvgIpc) is 2.81. The first-order valence-electron chi connectivity index (χ1n) is 6.60. The molecule has 0 unspecified atom stereocenters. The summed E-state index contributed by atoms with van der Waals surface area (Å²) >= 11 is 0. The molecule has 0 amide bonds. The first-order valence-corrected chi connectivity index (χ1v) is 6.60. The molecule has 3 rings (SSSR count). The Morgan fingerprint density at radius 2 is 1.95 bits per heavy atom. The second-order valence-corrected chi connectivity index (χ2v) is 5.31. The van der Waals surface area contributed by atoms with Crippen molar-refractivity contribution in [3.05, 3.63) is 29.7 Å². The van der Waals surface area contributed by atoms with E-state index in [9.17, 15) is 13.2 Å². The molecule has 0 atom stereocenters. The van der Waals surface area contributed by atoms with Gasteiger partial charge in [0.05, 0.1) is 5.56 Å². The molecule has 0 saturated carbocycles. The third-order valence-corrected chi connectivity index (χ3v) is 3.80. The van der Waals surface area contributed by atoms with Gasteiger partial charge >= 0.3 is 6.18 Å². The van der Waals surface area contributed by atoms with Crippen LogP contribution in [-0.2, 0) is 6.18 Å². The molecule has 1 aromatic heterocycles. The van der Waals surface area contributed by atoms with Crippen LogP contribution in [0.1, 0.15) is 30.2 Å². The second-order valence-electron chi connectivity index (χ2n) is 5.31. The number of aromatic nitrogens is 1. The van der Waals surface area contributed by atoms with Gasteiger partial charge in [0.15, 0.2) is 11.5 Å². The normalized spacial score (nSPS) is 18.8. The third kappa shape index (κ3) is 2.52. The summed E-state index contributed by atoms with van der Waals surface area (Å²) < 4.78 is 43.6. The lowest BCUT2D eigenvalue weighted by Crippen LogP contribution is -2.29. The fraction of sp³-hybridized carbons (Fsp3) is 0.500. The molecule has 1 aliphatic rings. The molecule has 20 heavy (non-hydrogen) atoms. The van der Waals surface area contributed by atoms with Crippen molar-refractivity contribution in [2.45, 2.75) is 24.9 Å². The van der Waals surface area contributed by atoms with Crippen molar-refractivity contribution in [3.63, 3.8) is 0 Å². The number of oxazole rings is 1. The molecule has 1 aliphatic heterocycles. The first-order chi connectivity index (χ1) is 9.43. The van der Waals surface area contributed by atoms with E-state index in [2.05, 4.69) is 16.9 Å². The highest BCUT2D eigenvalue weighted by Crippen LogP contribution is 2.33. The Labute approximate surface area is 114 Å². The van der Waals surface area contributed by atoms with E-state index < -0.39 is 11.7 Å². The van der Waals surface area contributed by atoms with Crippen molar-refractivity contribution in [2.75, 3.05) is 20.1 Å². The lowest BCUT2D eigenvalue weighted by molar-refractivity contribution is -0.137. The van der Waals surface area contributed by atoms with Crippen LogP contribution in [0, 0.1) is 0 Å². The molecule has 1 aromatic carbocycles. The fourth-order valence-electron chi connectivity index (χ4n) is 2.55. The van der Waals surface area contributed by atoms with Gasteiger partial charge in [0.25, 0.3) is 0 Å². The maximum absolute atomic E-state index is 12.7. The van der Waals surface area contributed by atoms with E-state index in [4.69, 9.17) is 4.42 Å². The number of hydrogen-bond acceptors (Lipinski definition) is 3. The SMILES string of the molecule is CN1CCC(c2nc3cc(C(F)(F)F)ccc3o2)CC1. The van der Waals surface area contributed by atoms with E-state index in [-0.39, 0.29) is 11.4 Å². The number of alkyl halides is 3. The molecule has 0 spiro atoms. The maximum Gasteiger partial charge on any atom is 0.416 e. The van der Waals surface area contributed by atoms with Crippen LogP contribution >= 0.6 is 0 Å². The van der Waals surface area contributed by atoms with Crippen molar-refractivity contribution >= 4 is 11.1 Å². The van der Waals surface area contributed by atoms with Gasteiger partial charge in [-0.2, -0.15) is 13.2 Å². The highest BCUT2D eigenvalue weighted by molar-refractivity contribution is 5.73. The van der Waals surface area contributed by atoms with Crippen molar-refractivity contribution < 1.29 is 17.6 Å². The smallest absolute Gasteiger partial charge is 0.416 e. The van der Waals surface area contributed by atoms with Gasteiger partial charge < -0.3 is 9.32 Å². The molecule has 0 radical (unpaired) electrons. The maximum atomic E-state index is 12.7. The number of rotatable bonds is 1. The zero-order valence-corrected chi connectivity index (χ0v) is 11.1. The summed E-state index contributed by atoms with van der Waals surface area (Å²) in [6.45, 7) is 1.91. The Bertz CT molecular complexity index is 612. The van der Waals surface area contributed by atoms with Gasteiger partial charge in [-0.25, -0.2) is 4.98 Å². The molecule has 0 bridgehead atoms. The summed E-state index contributed by atoms with van der Waals surface area (Å²) in [5, 5.41) is 0. The van der Waals surface area contributed by atoms with Gasteiger partial charge in [0.2, 0.25) is 0 Å². The summed E-state index contributed by atoms with van der Waals surface area (Å²) in [6.07, 6.45) is -2.49. The molecule has 2 aromatic rings. The topological polar surface area (TPSA) is 29.3 Å². The standard InChI is InChI=1S/C14H15F3N2O/c1-19-6-4-9(5-7-19)13-18-11-8-10(14(15,16)17)2-3-12(11)20-13/h2-3,8-9H,4-7H2,1H3. The molecule has 3 nitrogen and oxygen atoms in total.